The van der Waals surface area contributed by atoms with Crippen molar-refractivity contribution in [2.45, 2.75) is 57.9 Å². The van der Waals surface area contributed by atoms with Gasteiger partial charge in [-0.25, -0.2) is 0 Å². The SMILES string of the molecule is CC[C@H](C)NC(=O)[C@@H](C)N(CCc1ccccc1)C(=O)CCSCc1ccccc1. The number of thioether (sulfide) groups is 1. The lowest BCUT2D eigenvalue weighted by Gasteiger charge is -2.29. The van der Waals surface area contributed by atoms with Gasteiger partial charge in [-0.05, 0) is 37.8 Å². The van der Waals surface area contributed by atoms with Crippen LogP contribution in [-0.2, 0) is 21.8 Å². The summed E-state index contributed by atoms with van der Waals surface area (Å²) in [6.45, 7) is 6.40. The van der Waals surface area contributed by atoms with E-state index < -0.39 is 6.04 Å². The van der Waals surface area contributed by atoms with Gasteiger partial charge >= 0.3 is 0 Å². The van der Waals surface area contributed by atoms with Crippen LogP contribution in [0, 0.1) is 0 Å². The van der Waals surface area contributed by atoms with Gasteiger partial charge in [-0.2, -0.15) is 11.8 Å². The summed E-state index contributed by atoms with van der Waals surface area (Å²) in [5.41, 5.74) is 2.43. The van der Waals surface area contributed by atoms with Gasteiger partial charge in [0.1, 0.15) is 6.04 Å². The van der Waals surface area contributed by atoms with Crippen LogP contribution in [0.1, 0.15) is 44.7 Å². The Morgan fingerprint density at radius 3 is 2.17 bits per heavy atom. The highest BCUT2D eigenvalue weighted by molar-refractivity contribution is 7.98. The highest BCUT2D eigenvalue weighted by Crippen LogP contribution is 2.15. The van der Waals surface area contributed by atoms with Crippen molar-refractivity contribution in [1.82, 2.24) is 10.2 Å². The minimum atomic E-state index is -0.477. The number of hydrogen-bond donors (Lipinski definition) is 1. The molecule has 0 saturated heterocycles. The Hall–Kier alpha value is -2.27. The molecule has 0 saturated carbocycles. The molecule has 2 atom stereocenters. The molecule has 0 unspecified atom stereocenters. The summed E-state index contributed by atoms with van der Waals surface area (Å²) < 4.78 is 0. The summed E-state index contributed by atoms with van der Waals surface area (Å²) in [6, 6.07) is 20.0. The van der Waals surface area contributed by atoms with E-state index in [4.69, 9.17) is 0 Å². The lowest BCUT2D eigenvalue weighted by molar-refractivity contribution is -0.139. The molecule has 2 rings (SSSR count). The quantitative estimate of drug-likeness (QED) is 0.501. The molecule has 0 fully saturated rings. The molecule has 0 aliphatic rings. The first-order chi connectivity index (χ1) is 14.5. The minimum Gasteiger partial charge on any atom is -0.352 e. The van der Waals surface area contributed by atoms with E-state index in [1.54, 1.807) is 16.7 Å². The van der Waals surface area contributed by atoms with Crippen molar-refractivity contribution in [3.8, 4) is 0 Å². The maximum Gasteiger partial charge on any atom is 0.242 e. The zero-order chi connectivity index (χ0) is 21.8. The van der Waals surface area contributed by atoms with Crippen molar-refractivity contribution >= 4 is 23.6 Å². The number of carbonyl (C=O) groups is 2. The van der Waals surface area contributed by atoms with Gasteiger partial charge in [-0.1, -0.05) is 67.6 Å². The van der Waals surface area contributed by atoms with Crippen LogP contribution >= 0.6 is 11.8 Å². The summed E-state index contributed by atoms with van der Waals surface area (Å²) in [5, 5.41) is 3.01. The molecule has 1 N–H and O–H groups in total. The first-order valence-electron chi connectivity index (χ1n) is 10.8. The van der Waals surface area contributed by atoms with E-state index in [1.165, 1.54) is 11.1 Å². The van der Waals surface area contributed by atoms with Crippen molar-refractivity contribution in [3.63, 3.8) is 0 Å². The maximum atomic E-state index is 13.0. The van der Waals surface area contributed by atoms with Gasteiger partial charge in [-0.3, -0.25) is 9.59 Å². The Balaban J connectivity index is 1.94. The second-order valence-corrected chi connectivity index (χ2v) is 8.71. The number of rotatable bonds is 12. The smallest absolute Gasteiger partial charge is 0.242 e. The van der Waals surface area contributed by atoms with E-state index in [9.17, 15) is 9.59 Å². The Labute approximate surface area is 185 Å². The van der Waals surface area contributed by atoms with E-state index >= 15 is 0 Å². The second-order valence-electron chi connectivity index (χ2n) is 7.60. The molecule has 0 heterocycles. The monoisotopic (exact) mass is 426 g/mol. The fourth-order valence-corrected chi connectivity index (χ4v) is 3.99. The number of hydrogen-bond acceptors (Lipinski definition) is 3. The summed E-state index contributed by atoms with van der Waals surface area (Å²) >= 11 is 1.75. The molecule has 0 radical (unpaired) electrons. The van der Waals surface area contributed by atoms with E-state index in [-0.39, 0.29) is 17.9 Å². The lowest BCUT2D eigenvalue weighted by atomic mass is 10.1. The van der Waals surface area contributed by atoms with Crippen LogP contribution in [-0.4, -0.2) is 41.1 Å². The summed E-state index contributed by atoms with van der Waals surface area (Å²) in [5.74, 6) is 1.60. The van der Waals surface area contributed by atoms with Crippen molar-refractivity contribution in [1.29, 1.82) is 0 Å². The zero-order valence-corrected chi connectivity index (χ0v) is 19.2. The minimum absolute atomic E-state index is 0.0401. The molecule has 2 aromatic rings. The fourth-order valence-electron chi connectivity index (χ4n) is 3.10. The van der Waals surface area contributed by atoms with Gasteiger partial charge in [0, 0.05) is 30.5 Å². The Bertz CT molecular complexity index is 767. The number of nitrogens with one attached hydrogen (secondary N) is 1. The van der Waals surface area contributed by atoms with Crippen LogP contribution in [0.15, 0.2) is 60.7 Å². The fraction of sp³-hybridized carbons (Fsp3) is 0.440. The van der Waals surface area contributed by atoms with Gasteiger partial charge in [0.2, 0.25) is 11.8 Å². The Morgan fingerprint density at radius 2 is 1.57 bits per heavy atom. The molecule has 30 heavy (non-hydrogen) atoms. The van der Waals surface area contributed by atoms with Crippen molar-refractivity contribution < 1.29 is 9.59 Å². The molecular weight excluding hydrogens is 392 g/mol. The van der Waals surface area contributed by atoms with Gasteiger partial charge in [-0.15, -0.1) is 0 Å². The average molecular weight is 427 g/mol. The first-order valence-corrected chi connectivity index (χ1v) is 11.9. The topological polar surface area (TPSA) is 49.4 Å². The van der Waals surface area contributed by atoms with Gasteiger partial charge in [0.15, 0.2) is 0 Å². The third-order valence-corrected chi connectivity index (χ3v) is 6.25. The van der Waals surface area contributed by atoms with Crippen LogP contribution < -0.4 is 5.32 Å². The summed E-state index contributed by atoms with van der Waals surface area (Å²) in [6.07, 6.45) is 2.05. The van der Waals surface area contributed by atoms with E-state index in [0.717, 1.165) is 24.3 Å². The molecule has 0 spiro atoms. The normalized spacial score (nSPS) is 12.8. The van der Waals surface area contributed by atoms with Crippen LogP contribution in [0.4, 0.5) is 0 Å². The highest BCUT2D eigenvalue weighted by Gasteiger charge is 2.26. The third kappa shape index (κ3) is 8.23. The first kappa shape index (κ1) is 24.0. The number of amides is 2. The van der Waals surface area contributed by atoms with Crippen molar-refractivity contribution in [3.05, 3.63) is 71.8 Å². The molecule has 0 aliphatic heterocycles. The number of nitrogens with zero attached hydrogens (tertiary/aromatic N) is 1. The highest BCUT2D eigenvalue weighted by atomic mass is 32.2. The maximum absolute atomic E-state index is 13.0. The zero-order valence-electron chi connectivity index (χ0n) is 18.3. The van der Waals surface area contributed by atoms with Crippen LogP contribution in [0.25, 0.3) is 0 Å². The largest absolute Gasteiger partial charge is 0.352 e. The summed E-state index contributed by atoms with van der Waals surface area (Å²) in [7, 11) is 0. The van der Waals surface area contributed by atoms with Crippen molar-refractivity contribution in [2.75, 3.05) is 12.3 Å². The Kier molecular flexibility index (Phi) is 10.5. The molecule has 5 heteroatoms. The number of benzene rings is 2. The van der Waals surface area contributed by atoms with Gasteiger partial charge in [0.25, 0.3) is 0 Å². The molecule has 0 bridgehead atoms. The van der Waals surface area contributed by atoms with Crippen LogP contribution in [0.5, 0.6) is 0 Å². The Morgan fingerprint density at radius 1 is 0.967 bits per heavy atom. The molecule has 162 valence electrons. The molecule has 2 aromatic carbocycles. The van der Waals surface area contributed by atoms with Crippen LogP contribution in [0.2, 0.25) is 0 Å². The molecule has 4 nitrogen and oxygen atoms in total. The predicted molar refractivity (Wildman–Crippen MR) is 126 cm³/mol. The standard InChI is InChI=1S/C25H34N2O2S/c1-4-20(2)26-25(29)21(3)27(17-15-22-11-7-5-8-12-22)24(28)16-18-30-19-23-13-9-6-10-14-23/h5-14,20-21H,4,15-19H2,1-3H3,(H,26,29)/t20-,21+/m0/s1. The van der Waals surface area contributed by atoms with E-state index in [2.05, 4.69) is 29.6 Å². The second kappa shape index (κ2) is 13.1. The molecule has 2 amide bonds. The molecule has 0 aliphatic carbocycles. The van der Waals surface area contributed by atoms with Gasteiger partial charge < -0.3 is 10.2 Å². The lowest BCUT2D eigenvalue weighted by Crippen LogP contribution is -2.50. The average Bonchev–Trinajstić information content (AvgIpc) is 2.78. The molecule has 0 aromatic heterocycles. The third-order valence-electron chi connectivity index (χ3n) is 5.22. The van der Waals surface area contributed by atoms with E-state index in [1.807, 2.05) is 57.2 Å². The molecular formula is C25H34N2O2S. The van der Waals surface area contributed by atoms with E-state index in [0.29, 0.717) is 13.0 Å². The predicted octanol–water partition coefficient (Wildman–Crippen LogP) is 4.68. The number of carbonyl (C=O) groups excluding carboxylic acids is 2. The van der Waals surface area contributed by atoms with Crippen molar-refractivity contribution in [2.24, 2.45) is 0 Å². The van der Waals surface area contributed by atoms with Crippen LogP contribution in [0.3, 0.4) is 0 Å². The summed E-state index contributed by atoms with van der Waals surface area (Å²) in [4.78, 5) is 27.4. The van der Waals surface area contributed by atoms with Gasteiger partial charge in [0.05, 0.1) is 0 Å².